The molecule has 2 aromatic carbocycles. The molecular weight excluding hydrogens is 409 g/mol. The van der Waals surface area contributed by atoms with Crippen LogP contribution in [0.15, 0.2) is 48.2 Å². The molecule has 2 amide bonds. The summed E-state index contributed by atoms with van der Waals surface area (Å²) in [6.07, 6.45) is 0. The molecule has 5 nitrogen and oxygen atoms in total. The Balaban J connectivity index is 2.06. The van der Waals surface area contributed by atoms with Crippen molar-refractivity contribution in [3.63, 3.8) is 0 Å². The molecule has 0 atom stereocenters. The molecule has 7 heteroatoms. The molecular formula is C22H23Cl2N3O2. The molecule has 0 unspecified atom stereocenters. The van der Waals surface area contributed by atoms with Gasteiger partial charge in [0.25, 0.3) is 11.8 Å². The molecule has 1 N–H and O–H groups in total. The minimum Gasteiger partial charge on any atom is -0.378 e. The largest absolute Gasteiger partial charge is 0.378 e. The van der Waals surface area contributed by atoms with Crippen LogP contribution in [-0.4, -0.2) is 37.4 Å². The van der Waals surface area contributed by atoms with E-state index < -0.39 is 0 Å². The van der Waals surface area contributed by atoms with Crippen LogP contribution >= 0.6 is 23.2 Å². The van der Waals surface area contributed by atoms with Gasteiger partial charge in [0, 0.05) is 42.6 Å². The molecule has 152 valence electrons. The summed E-state index contributed by atoms with van der Waals surface area (Å²) in [5.41, 5.74) is 2.70. The SMILES string of the molecule is CC(C)CN1C(=O)C(Nc2ccc(N(C)C)cc2)=C(c2ccc(Cl)cc2Cl)C1=O. The maximum absolute atomic E-state index is 13.1. The number of anilines is 2. The summed E-state index contributed by atoms with van der Waals surface area (Å²) < 4.78 is 0. The maximum atomic E-state index is 13.1. The summed E-state index contributed by atoms with van der Waals surface area (Å²) in [5, 5.41) is 3.92. The molecule has 2 aromatic rings. The molecule has 0 saturated carbocycles. The third-order valence-corrected chi connectivity index (χ3v) is 5.12. The van der Waals surface area contributed by atoms with E-state index in [0.717, 1.165) is 5.69 Å². The second-order valence-electron chi connectivity index (χ2n) is 7.56. The highest BCUT2D eigenvalue weighted by Crippen LogP contribution is 2.35. The molecule has 0 fully saturated rings. The fourth-order valence-corrected chi connectivity index (χ4v) is 3.66. The number of carbonyl (C=O) groups excluding carboxylic acids is 2. The van der Waals surface area contributed by atoms with Crippen LogP contribution in [0.2, 0.25) is 10.0 Å². The molecule has 0 radical (unpaired) electrons. The predicted molar refractivity (Wildman–Crippen MR) is 119 cm³/mol. The highest BCUT2D eigenvalue weighted by molar-refractivity contribution is 6.41. The van der Waals surface area contributed by atoms with Crippen molar-refractivity contribution >= 4 is 52.0 Å². The molecule has 1 heterocycles. The zero-order valence-electron chi connectivity index (χ0n) is 16.8. The average molecular weight is 432 g/mol. The molecule has 29 heavy (non-hydrogen) atoms. The lowest BCUT2D eigenvalue weighted by Crippen LogP contribution is -2.35. The molecule has 0 saturated heterocycles. The zero-order chi connectivity index (χ0) is 21.3. The van der Waals surface area contributed by atoms with Crippen LogP contribution in [0.4, 0.5) is 11.4 Å². The van der Waals surface area contributed by atoms with Crippen molar-refractivity contribution < 1.29 is 9.59 Å². The number of amides is 2. The molecule has 3 rings (SSSR count). The van der Waals surface area contributed by atoms with E-state index >= 15 is 0 Å². The van der Waals surface area contributed by atoms with E-state index in [9.17, 15) is 9.59 Å². The second kappa shape index (κ2) is 8.47. The van der Waals surface area contributed by atoms with Gasteiger partial charge in [0.15, 0.2) is 0 Å². The normalized spacial score (nSPS) is 14.2. The number of nitrogens with zero attached hydrogens (tertiary/aromatic N) is 2. The Bertz CT molecular complexity index is 982. The van der Waals surface area contributed by atoms with Crippen LogP contribution in [0.3, 0.4) is 0 Å². The fourth-order valence-electron chi connectivity index (χ4n) is 3.15. The first-order valence-electron chi connectivity index (χ1n) is 9.29. The third kappa shape index (κ3) is 4.41. The van der Waals surface area contributed by atoms with Crippen LogP contribution in [0, 0.1) is 5.92 Å². The lowest BCUT2D eigenvalue weighted by molar-refractivity contribution is -0.137. The molecule has 1 aliphatic heterocycles. The van der Waals surface area contributed by atoms with Crippen LogP contribution < -0.4 is 10.2 Å². The lowest BCUT2D eigenvalue weighted by Gasteiger charge is -2.17. The molecule has 0 spiro atoms. The standard InChI is InChI=1S/C22H23Cl2N3O2/c1-13(2)12-27-21(28)19(17-10-5-14(23)11-18(17)24)20(22(27)29)25-15-6-8-16(9-7-15)26(3)4/h5-11,13,25H,12H2,1-4H3. The number of imide groups is 1. The van der Waals surface area contributed by atoms with E-state index in [4.69, 9.17) is 23.2 Å². The van der Waals surface area contributed by atoms with E-state index in [1.165, 1.54) is 4.90 Å². The Labute approximate surface area is 180 Å². The van der Waals surface area contributed by atoms with Gasteiger partial charge in [0.05, 0.1) is 10.6 Å². The van der Waals surface area contributed by atoms with E-state index in [-0.39, 0.29) is 29.0 Å². The zero-order valence-corrected chi connectivity index (χ0v) is 18.3. The highest BCUT2D eigenvalue weighted by atomic mass is 35.5. The number of halogens is 2. The van der Waals surface area contributed by atoms with Gasteiger partial charge in [0.1, 0.15) is 5.70 Å². The smallest absolute Gasteiger partial charge is 0.278 e. The summed E-state index contributed by atoms with van der Waals surface area (Å²) >= 11 is 12.4. The van der Waals surface area contributed by atoms with Gasteiger partial charge >= 0.3 is 0 Å². The number of rotatable bonds is 6. The third-order valence-electron chi connectivity index (χ3n) is 4.57. The Morgan fingerprint density at radius 3 is 2.21 bits per heavy atom. The van der Waals surface area contributed by atoms with Gasteiger partial charge in [-0.3, -0.25) is 14.5 Å². The Kier molecular flexibility index (Phi) is 6.20. The summed E-state index contributed by atoms with van der Waals surface area (Å²) in [6.45, 7) is 4.25. The van der Waals surface area contributed by atoms with Crippen LogP contribution in [-0.2, 0) is 9.59 Å². The van der Waals surface area contributed by atoms with Gasteiger partial charge in [-0.2, -0.15) is 0 Å². The van der Waals surface area contributed by atoms with E-state index in [2.05, 4.69) is 5.32 Å². The first kappa shape index (κ1) is 21.2. The molecule has 0 aliphatic carbocycles. The Hall–Kier alpha value is -2.50. The molecule has 0 aromatic heterocycles. The number of carbonyl (C=O) groups is 2. The second-order valence-corrected chi connectivity index (χ2v) is 8.40. The van der Waals surface area contributed by atoms with Crippen molar-refractivity contribution in [1.29, 1.82) is 0 Å². The van der Waals surface area contributed by atoms with Gasteiger partial charge in [-0.1, -0.05) is 43.1 Å². The summed E-state index contributed by atoms with van der Waals surface area (Å²) in [5.74, 6) is -0.578. The number of benzene rings is 2. The van der Waals surface area contributed by atoms with E-state index in [0.29, 0.717) is 27.8 Å². The number of hydrogen-bond acceptors (Lipinski definition) is 4. The van der Waals surface area contributed by atoms with Crippen molar-refractivity contribution in [3.8, 4) is 0 Å². The highest BCUT2D eigenvalue weighted by Gasteiger charge is 2.40. The van der Waals surface area contributed by atoms with Crippen LogP contribution in [0.25, 0.3) is 5.57 Å². The van der Waals surface area contributed by atoms with E-state index in [1.807, 2.05) is 57.1 Å². The lowest BCUT2D eigenvalue weighted by atomic mass is 10.0. The Morgan fingerprint density at radius 1 is 1.00 bits per heavy atom. The first-order valence-corrected chi connectivity index (χ1v) is 10.0. The summed E-state index contributed by atoms with van der Waals surface area (Å²) in [4.78, 5) is 29.5. The van der Waals surface area contributed by atoms with Crippen molar-refractivity contribution in [2.75, 3.05) is 30.9 Å². The van der Waals surface area contributed by atoms with Crippen LogP contribution in [0.5, 0.6) is 0 Å². The van der Waals surface area contributed by atoms with Gasteiger partial charge in [-0.25, -0.2) is 0 Å². The molecule has 1 aliphatic rings. The summed E-state index contributed by atoms with van der Waals surface area (Å²) in [7, 11) is 3.91. The first-order chi connectivity index (χ1) is 13.7. The van der Waals surface area contributed by atoms with Gasteiger partial charge in [0.2, 0.25) is 0 Å². The van der Waals surface area contributed by atoms with E-state index in [1.54, 1.807) is 18.2 Å². The number of nitrogens with one attached hydrogen (secondary N) is 1. The van der Waals surface area contributed by atoms with Crippen molar-refractivity contribution in [2.24, 2.45) is 5.92 Å². The predicted octanol–water partition coefficient (Wildman–Crippen LogP) is 4.91. The van der Waals surface area contributed by atoms with Gasteiger partial charge < -0.3 is 10.2 Å². The van der Waals surface area contributed by atoms with Crippen molar-refractivity contribution in [2.45, 2.75) is 13.8 Å². The average Bonchev–Trinajstić information content (AvgIpc) is 2.87. The monoisotopic (exact) mass is 431 g/mol. The van der Waals surface area contributed by atoms with Crippen LogP contribution in [0.1, 0.15) is 19.4 Å². The number of hydrogen-bond donors (Lipinski definition) is 1. The van der Waals surface area contributed by atoms with Crippen molar-refractivity contribution in [3.05, 3.63) is 63.8 Å². The van der Waals surface area contributed by atoms with Gasteiger partial charge in [-0.05, 0) is 42.3 Å². The Morgan fingerprint density at radius 2 is 1.66 bits per heavy atom. The quantitative estimate of drug-likeness (QED) is 0.660. The minimum absolute atomic E-state index is 0.142. The maximum Gasteiger partial charge on any atom is 0.278 e. The topological polar surface area (TPSA) is 52.7 Å². The molecule has 0 bridgehead atoms. The minimum atomic E-state index is -0.361. The van der Waals surface area contributed by atoms with Crippen molar-refractivity contribution in [1.82, 2.24) is 4.90 Å². The summed E-state index contributed by atoms with van der Waals surface area (Å²) in [6, 6.07) is 12.5. The fraction of sp³-hybridized carbons (Fsp3) is 0.273. The van der Waals surface area contributed by atoms with Gasteiger partial charge in [-0.15, -0.1) is 0 Å².